The molecule has 3 nitrogen and oxygen atoms in total. The third kappa shape index (κ3) is 3.01. The average Bonchev–Trinajstić information content (AvgIpc) is 2.77. The van der Waals surface area contributed by atoms with E-state index in [1.165, 1.54) is 6.07 Å². The van der Waals surface area contributed by atoms with Crippen molar-refractivity contribution in [2.75, 3.05) is 0 Å². The Balaban J connectivity index is 2.03. The van der Waals surface area contributed by atoms with E-state index in [0.717, 1.165) is 5.56 Å². The van der Waals surface area contributed by atoms with Crippen molar-refractivity contribution in [2.45, 2.75) is 19.5 Å². The van der Waals surface area contributed by atoms with Crippen LogP contribution in [-0.2, 0) is 13.6 Å². The first-order valence-electron chi connectivity index (χ1n) is 6.15. The SMILES string of the molecule is CC(NCc1cc(C#N)n(C)c1)c1ccccc1F. The summed E-state index contributed by atoms with van der Waals surface area (Å²) in [6, 6.07) is 10.6. The zero-order chi connectivity index (χ0) is 13.8. The maximum absolute atomic E-state index is 13.6. The summed E-state index contributed by atoms with van der Waals surface area (Å²) in [5, 5.41) is 12.1. The van der Waals surface area contributed by atoms with Crippen molar-refractivity contribution < 1.29 is 4.39 Å². The molecule has 0 aliphatic heterocycles. The zero-order valence-corrected chi connectivity index (χ0v) is 11.0. The molecule has 1 aromatic carbocycles. The van der Waals surface area contributed by atoms with Crippen LogP contribution < -0.4 is 5.32 Å². The number of aryl methyl sites for hydroxylation is 1. The Hall–Kier alpha value is -2.12. The first-order valence-corrected chi connectivity index (χ1v) is 6.15. The van der Waals surface area contributed by atoms with Crippen LogP contribution >= 0.6 is 0 Å². The summed E-state index contributed by atoms with van der Waals surface area (Å²) in [4.78, 5) is 0. The maximum Gasteiger partial charge on any atom is 0.127 e. The molecule has 2 rings (SSSR count). The fourth-order valence-electron chi connectivity index (χ4n) is 2.05. The van der Waals surface area contributed by atoms with Crippen LogP contribution in [0, 0.1) is 17.1 Å². The summed E-state index contributed by atoms with van der Waals surface area (Å²) in [6.07, 6.45) is 1.90. The van der Waals surface area contributed by atoms with Crippen LogP contribution in [0.15, 0.2) is 36.5 Å². The molecule has 0 saturated carbocycles. The minimum atomic E-state index is -0.201. The molecule has 0 bridgehead atoms. The molecule has 1 heterocycles. The van der Waals surface area contributed by atoms with Gasteiger partial charge in [-0.3, -0.25) is 0 Å². The van der Waals surface area contributed by atoms with Gasteiger partial charge in [0.25, 0.3) is 0 Å². The van der Waals surface area contributed by atoms with E-state index in [1.54, 1.807) is 16.7 Å². The fourth-order valence-corrected chi connectivity index (χ4v) is 2.05. The second kappa shape index (κ2) is 5.68. The van der Waals surface area contributed by atoms with Crippen molar-refractivity contribution in [3.8, 4) is 6.07 Å². The molecule has 1 unspecified atom stereocenters. The standard InChI is InChI=1S/C15H16FN3/c1-11(14-5-3-4-6-15(14)16)18-9-12-7-13(8-17)19(2)10-12/h3-7,10-11,18H,9H2,1-2H3. The Bertz CT molecular complexity index is 610. The van der Waals surface area contributed by atoms with E-state index >= 15 is 0 Å². The number of nitrogens with zero attached hydrogens (tertiary/aromatic N) is 2. The molecule has 0 saturated heterocycles. The van der Waals surface area contributed by atoms with Crippen LogP contribution in [0.1, 0.15) is 29.8 Å². The molecular weight excluding hydrogens is 241 g/mol. The van der Waals surface area contributed by atoms with Gasteiger partial charge in [-0.05, 0) is 24.6 Å². The van der Waals surface area contributed by atoms with Crippen LogP contribution in [0.3, 0.4) is 0 Å². The molecule has 0 amide bonds. The molecule has 4 heteroatoms. The van der Waals surface area contributed by atoms with Crippen LogP contribution in [0.2, 0.25) is 0 Å². The van der Waals surface area contributed by atoms with E-state index in [9.17, 15) is 4.39 Å². The Morgan fingerprint density at radius 1 is 1.42 bits per heavy atom. The molecule has 0 spiro atoms. The van der Waals surface area contributed by atoms with Gasteiger partial charge >= 0.3 is 0 Å². The van der Waals surface area contributed by atoms with E-state index in [1.807, 2.05) is 32.3 Å². The molecule has 1 atom stereocenters. The number of nitrogens with one attached hydrogen (secondary N) is 1. The monoisotopic (exact) mass is 257 g/mol. The normalized spacial score (nSPS) is 12.1. The van der Waals surface area contributed by atoms with Crippen molar-refractivity contribution in [2.24, 2.45) is 7.05 Å². The summed E-state index contributed by atoms with van der Waals surface area (Å²) < 4.78 is 15.4. The number of benzene rings is 1. The number of rotatable bonds is 4. The molecule has 0 fully saturated rings. The van der Waals surface area contributed by atoms with Gasteiger partial charge in [0.15, 0.2) is 0 Å². The lowest BCUT2D eigenvalue weighted by atomic mass is 10.1. The van der Waals surface area contributed by atoms with E-state index in [2.05, 4.69) is 11.4 Å². The van der Waals surface area contributed by atoms with Gasteiger partial charge in [0, 0.05) is 31.4 Å². The van der Waals surface area contributed by atoms with Crippen LogP contribution in [0.4, 0.5) is 4.39 Å². The van der Waals surface area contributed by atoms with Gasteiger partial charge in [0.1, 0.15) is 17.6 Å². The highest BCUT2D eigenvalue weighted by atomic mass is 19.1. The van der Waals surface area contributed by atoms with Crippen molar-refractivity contribution in [3.63, 3.8) is 0 Å². The predicted octanol–water partition coefficient (Wildman–Crippen LogP) is 2.89. The van der Waals surface area contributed by atoms with Crippen LogP contribution in [0.25, 0.3) is 0 Å². The van der Waals surface area contributed by atoms with E-state index < -0.39 is 0 Å². The highest BCUT2D eigenvalue weighted by Gasteiger charge is 2.10. The summed E-state index contributed by atoms with van der Waals surface area (Å²) in [6.45, 7) is 2.53. The minimum absolute atomic E-state index is 0.0769. The second-order valence-electron chi connectivity index (χ2n) is 4.58. The number of halogens is 1. The van der Waals surface area contributed by atoms with Gasteiger partial charge < -0.3 is 9.88 Å². The summed E-state index contributed by atoms with van der Waals surface area (Å²) in [5.41, 5.74) is 2.29. The molecule has 19 heavy (non-hydrogen) atoms. The third-order valence-corrected chi connectivity index (χ3v) is 3.16. The summed E-state index contributed by atoms with van der Waals surface area (Å²) in [5.74, 6) is -0.201. The minimum Gasteiger partial charge on any atom is -0.342 e. The summed E-state index contributed by atoms with van der Waals surface area (Å²) in [7, 11) is 1.84. The Morgan fingerprint density at radius 3 is 2.79 bits per heavy atom. The van der Waals surface area contributed by atoms with Gasteiger partial charge in [0.05, 0.1) is 0 Å². The average molecular weight is 257 g/mol. The number of aromatic nitrogens is 1. The zero-order valence-electron chi connectivity index (χ0n) is 11.0. The summed E-state index contributed by atoms with van der Waals surface area (Å²) >= 11 is 0. The van der Waals surface area contributed by atoms with Gasteiger partial charge in [0.2, 0.25) is 0 Å². The molecule has 0 aliphatic rings. The topological polar surface area (TPSA) is 40.8 Å². The predicted molar refractivity (Wildman–Crippen MR) is 71.8 cm³/mol. The maximum atomic E-state index is 13.6. The van der Waals surface area contributed by atoms with Gasteiger partial charge in [-0.15, -0.1) is 0 Å². The van der Waals surface area contributed by atoms with E-state index in [4.69, 9.17) is 5.26 Å². The van der Waals surface area contributed by atoms with Gasteiger partial charge in [-0.2, -0.15) is 5.26 Å². The fraction of sp³-hybridized carbons (Fsp3) is 0.267. The number of nitriles is 1. The lowest BCUT2D eigenvalue weighted by Crippen LogP contribution is -2.18. The quantitative estimate of drug-likeness (QED) is 0.915. The lowest BCUT2D eigenvalue weighted by Gasteiger charge is -2.14. The van der Waals surface area contributed by atoms with Gasteiger partial charge in [-0.25, -0.2) is 4.39 Å². The molecule has 0 radical (unpaired) electrons. The lowest BCUT2D eigenvalue weighted by molar-refractivity contribution is 0.528. The van der Waals surface area contributed by atoms with Crippen molar-refractivity contribution in [1.29, 1.82) is 5.26 Å². The Kier molecular flexibility index (Phi) is 3.98. The van der Waals surface area contributed by atoms with Crippen molar-refractivity contribution >= 4 is 0 Å². The van der Waals surface area contributed by atoms with E-state index in [0.29, 0.717) is 17.8 Å². The first-order chi connectivity index (χ1) is 9.11. The number of hydrogen-bond acceptors (Lipinski definition) is 2. The highest BCUT2D eigenvalue weighted by Crippen LogP contribution is 2.17. The third-order valence-electron chi connectivity index (χ3n) is 3.16. The van der Waals surface area contributed by atoms with Crippen LogP contribution in [-0.4, -0.2) is 4.57 Å². The molecule has 0 aliphatic carbocycles. The van der Waals surface area contributed by atoms with Crippen LogP contribution in [0.5, 0.6) is 0 Å². The first kappa shape index (κ1) is 13.3. The Morgan fingerprint density at radius 2 is 2.16 bits per heavy atom. The molecule has 1 aromatic heterocycles. The van der Waals surface area contributed by atoms with Crippen molar-refractivity contribution in [3.05, 3.63) is 59.2 Å². The largest absolute Gasteiger partial charge is 0.342 e. The van der Waals surface area contributed by atoms with Gasteiger partial charge in [-0.1, -0.05) is 18.2 Å². The number of hydrogen-bond donors (Lipinski definition) is 1. The van der Waals surface area contributed by atoms with E-state index in [-0.39, 0.29) is 11.9 Å². The second-order valence-corrected chi connectivity index (χ2v) is 4.58. The molecule has 1 N–H and O–H groups in total. The molecular formula is C15H16FN3. The smallest absolute Gasteiger partial charge is 0.127 e. The molecule has 2 aromatic rings. The Labute approximate surface area is 112 Å². The highest BCUT2D eigenvalue weighted by molar-refractivity contribution is 5.28. The molecule has 98 valence electrons. The van der Waals surface area contributed by atoms with Crippen molar-refractivity contribution in [1.82, 2.24) is 9.88 Å².